The van der Waals surface area contributed by atoms with Crippen LogP contribution < -0.4 is 0 Å². The smallest absolute Gasteiger partial charge is 0.359 e. The monoisotopic (exact) mass is 316 g/mol. The van der Waals surface area contributed by atoms with Gasteiger partial charge in [0.1, 0.15) is 0 Å². The highest BCUT2D eigenvalue weighted by atomic mass is 16.6. The zero-order valence-electron chi connectivity index (χ0n) is 13.7. The van der Waals surface area contributed by atoms with Gasteiger partial charge in [0, 0.05) is 6.92 Å². The summed E-state index contributed by atoms with van der Waals surface area (Å²) >= 11 is 0. The second kappa shape index (κ2) is 6.36. The van der Waals surface area contributed by atoms with Crippen LogP contribution in [0.25, 0.3) is 0 Å². The van der Waals surface area contributed by atoms with Crippen molar-refractivity contribution in [3.63, 3.8) is 0 Å². The Bertz CT molecular complexity index is 674. The lowest BCUT2D eigenvalue weighted by Crippen LogP contribution is -2.53. The van der Waals surface area contributed by atoms with Gasteiger partial charge in [-0.1, -0.05) is 35.9 Å². The number of hydrogen-bond acceptors (Lipinski definition) is 5. The van der Waals surface area contributed by atoms with Gasteiger partial charge in [-0.2, -0.15) is 0 Å². The number of Topliss-reactive ketones (excluding diaryl/α,β-unsaturated/α-hetero) is 1. The summed E-state index contributed by atoms with van der Waals surface area (Å²) in [6, 6.07) is 9.06. The van der Waals surface area contributed by atoms with Gasteiger partial charge in [-0.25, -0.2) is 4.79 Å². The summed E-state index contributed by atoms with van der Waals surface area (Å²) in [6.45, 7) is 6.32. The molecule has 0 spiro atoms. The Balaban J connectivity index is 2.67. The third-order valence-electron chi connectivity index (χ3n) is 4.13. The molecule has 0 unspecified atom stereocenters. The van der Waals surface area contributed by atoms with Crippen molar-refractivity contribution < 1.29 is 23.9 Å². The predicted octanol–water partition coefficient (Wildman–Crippen LogP) is 2.55. The van der Waals surface area contributed by atoms with Crippen molar-refractivity contribution in [2.75, 3.05) is 6.61 Å². The minimum absolute atomic E-state index is 0.0920. The fourth-order valence-corrected chi connectivity index (χ4v) is 3.06. The van der Waals surface area contributed by atoms with Crippen molar-refractivity contribution in [1.82, 2.24) is 0 Å². The summed E-state index contributed by atoms with van der Waals surface area (Å²) in [6.07, 6.45) is 0. The molecule has 2 rings (SSSR count). The lowest BCUT2D eigenvalue weighted by Gasteiger charge is -2.32. The van der Waals surface area contributed by atoms with Crippen LogP contribution in [0.5, 0.6) is 0 Å². The molecule has 5 nitrogen and oxygen atoms in total. The van der Waals surface area contributed by atoms with E-state index in [2.05, 4.69) is 0 Å². The highest BCUT2D eigenvalue weighted by molar-refractivity contribution is 6.20. The van der Waals surface area contributed by atoms with Gasteiger partial charge in [0.2, 0.25) is 5.78 Å². The maximum atomic E-state index is 12.8. The topological polar surface area (TPSA) is 69.7 Å². The van der Waals surface area contributed by atoms with Crippen LogP contribution in [-0.4, -0.2) is 29.9 Å². The van der Waals surface area contributed by atoms with Crippen LogP contribution in [0.1, 0.15) is 39.2 Å². The number of rotatable bonds is 4. The average molecular weight is 316 g/mol. The molecular weight excluding hydrogens is 296 g/mol. The Morgan fingerprint density at radius 2 is 1.78 bits per heavy atom. The molecule has 1 aromatic carbocycles. The Labute approximate surface area is 135 Å². The first-order chi connectivity index (χ1) is 10.9. The maximum absolute atomic E-state index is 12.8. The quantitative estimate of drug-likeness (QED) is 0.631. The van der Waals surface area contributed by atoms with Crippen molar-refractivity contribution >= 4 is 17.7 Å². The molecule has 0 aliphatic heterocycles. The maximum Gasteiger partial charge on any atom is 0.359 e. The standard InChI is InChI=1S/C18H20O5/c1-5-22-17(21)18(23-13(4)19)15(11(2)12(3)16(18)20)14-9-7-6-8-10-14/h6-10,15H,5H2,1-4H3/t15-,18-/m0/s1. The molecule has 0 bridgehead atoms. The Morgan fingerprint density at radius 3 is 2.30 bits per heavy atom. The largest absolute Gasteiger partial charge is 0.463 e. The van der Waals surface area contributed by atoms with Crippen LogP contribution in [0.2, 0.25) is 0 Å². The molecule has 0 fully saturated rings. The van der Waals surface area contributed by atoms with Crippen molar-refractivity contribution in [1.29, 1.82) is 0 Å². The van der Waals surface area contributed by atoms with E-state index in [1.807, 2.05) is 18.2 Å². The summed E-state index contributed by atoms with van der Waals surface area (Å²) < 4.78 is 10.4. The van der Waals surface area contributed by atoms with Gasteiger partial charge >= 0.3 is 11.9 Å². The van der Waals surface area contributed by atoms with E-state index < -0.39 is 29.2 Å². The van der Waals surface area contributed by atoms with Crippen LogP contribution in [0, 0.1) is 0 Å². The summed E-state index contributed by atoms with van der Waals surface area (Å²) in [5, 5.41) is 0. The van der Waals surface area contributed by atoms with Crippen molar-refractivity contribution in [2.24, 2.45) is 0 Å². The number of esters is 2. The summed E-state index contributed by atoms with van der Waals surface area (Å²) in [5.74, 6) is -2.73. The van der Waals surface area contributed by atoms with E-state index in [-0.39, 0.29) is 6.61 Å². The molecule has 0 heterocycles. The number of carbonyl (C=O) groups excluding carboxylic acids is 3. The van der Waals surface area contributed by atoms with E-state index in [1.54, 1.807) is 32.9 Å². The molecule has 1 aliphatic carbocycles. The first-order valence-corrected chi connectivity index (χ1v) is 7.50. The summed E-state index contributed by atoms with van der Waals surface area (Å²) in [7, 11) is 0. The Hall–Kier alpha value is -2.43. The number of ether oxygens (including phenoxy) is 2. The van der Waals surface area contributed by atoms with Crippen molar-refractivity contribution in [3.05, 3.63) is 47.0 Å². The SMILES string of the molecule is CCOC(=O)[C@@]1(OC(C)=O)C(=O)C(C)=C(C)[C@H]1c1ccccc1. The van der Waals surface area contributed by atoms with E-state index in [0.717, 1.165) is 5.56 Å². The average Bonchev–Trinajstić information content (AvgIpc) is 2.70. The second-order valence-electron chi connectivity index (χ2n) is 5.53. The molecule has 0 amide bonds. The van der Waals surface area contributed by atoms with E-state index >= 15 is 0 Å². The molecule has 0 aromatic heterocycles. The summed E-state index contributed by atoms with van der Waals surface area (Å²) in [5.41, 5.74) is -0.120. The minimum atomic E-state index is -1.97. The highest BCUT2D eigenvalue weighted by Gasteiger charge is 2.62. The fraction of sp³-hybridized carbons (Fsp3) is 0.389. The Kier molecular flexibility index (Phi) is 4.68. The van der Waals surface area contributed by atoms with Gasteiger partial charge in [-0.3, -0.25) is 9.59 Å². The van der Waals surface area contributed by atoms with E-state index in [4.69, 9.17) is 9.47 Å². The molecule has 122 valence electrons. The van der Waals surface area contributed by atoms with E-state index in [1.165, 1.54) is 6.92 Å². The molecule has 0 N–H and O–H groups in total. The molecule has 0 radical (unpaired) electrons. The molecule has 2 atom stereocenters. The third kappa shape index (κ3) is 2.67. The van der Waals surface area contributed by atoms with Crippen molar-refractivity contribution in [2.45, 2.75) is 39.2 Å². The van der Waals surface area contributed by atoms with Crippen molar-refractivity contribution in [3.8, 4) is 0 Å². The molecule has 1 aliphatic rings. The normalized spacial score (nSPS) is 23.8. The van der Waals surface area contributed by atoms with E-state index in [9.17, 15) is 14.4 Å². The zero-order chi connectivity index (χ0) is 17.2. The van der Waals surface area contributed by atoms with Crippen LogP contribution in [0.3, 0.4) is 0 Å². The molecule has 23 heavy (non-hydrogen) atoms. The van der Waals surface area contributed by atoms with Gasteiger partial charge in [0.25, 0.3) is 5.60 Å². The van der Waals surface area contributed by atoms with E-state index in [0.29, 0.717) is 11.1 Å². The first kappa shape index (κ1) is 16.9. The number of hydrogen-bond donors (Lipinski definition) is 0. The van der Waals surface area contributed by atoms with Crippen LogP contribution >= 0.6 is 0 Å². The number of carbonyl (C=O) groups is 3. The van der Waals surface area contributed by atoms with Gasteiger partial charge in [-0.15, -0.1) is 0 Å². The minimum Gasteiger partial charge on any atom is -0.463 e. The molecule has 5 heteroatoms. The fourth-order valence-electron chi connectivity index (χ4n) is 3.06. The predicted molar refractivity (Wildman–Crippen MR) is 83.7 cm³/mol. The summed E-state index contributed by atoms with van der Waals surface area (Å²) in [4.78, 5) is 37.1. The zero-order valence-corrected chi connectivity index (χ0v) is 13.7. The highest BCUT2D eigenvalue weighted by Crippen LogP contribution is 2.47. The molecule has 0 saturated heterocycles. The lowest BCUT2D eigenvalue weighted by molar-refractivity contribution is -0.184. The molecule has 1 aromatic rings. The van der Waals surface area contributed by atoms with Crippen LogP contribution in [-0.2, 0) is 23.9 Å². The third-order valence-corrected chi connectivity index (χ3v) is 4.13. The number of ketones is 1. The lowest BCUT2D eigenvalue weighted by atomic mass is 9.80. The molecular formula is C18H20O5. The van der Waals surface area contributed by atoms with Crippen LogP contribution in [0.4, 0.5) is 0 Å². The molecule has 0 saturated carbocycles. The van der Waals surface area contributed by atoms with Gasteiger partial charge in [0.15, 0.2) is 0 Å². The van der Waals surface area contributed by atoms with Gasteiger partial charge in [-0.05, 0) is 31.9 Å². The van der Waals surface area contributed by atoms with Gasteiger partial charge in [0.05, 0.1) is 12.5 Å². The second-order valence-corrected chi connectivity index (χ2v) is 5.53. The first-order valence-electron chi connectivity index (χ1n) is 7.50. The van der Waals surface area contributed by atoms with Gasteiger partial charge < -0.3 is 9.47 Å². The number of benzene rings is 1. The Morgan fingerprint density at radius 1 is 1.17 bits per heavy atom. The van der Waals surface area contributed by atoms with Crippen LogP contribution in [0.15, 0.2) is 41.5 Å².